The van der Waals surface area contributed by atoms with Gasteiger partial charge in [-0.1, -0.05) is 29.9 Å². The zero-order chi connectivity index (χ0) is 26.7. The highest BCUT2D eigenvalue weighted by molar-refractivity contribution is 8.76. The van der Waals surface area contributed by atoms with Crippen molar-refractivity contribution in [1.29, 1.82) is 0 Å². The lowest BCUT2D eigenvalue weighted by atomic mass is 10.1. The number of carbonyl (C=O) groups is 2. The zero-order valence-corrected chi connectivity index (χ0v) is 21.9. The average molecular weight is 547 g/mol. The van der Waals surface area contributed by atoms with E-state index < -0.39 is 23.3 Å². The molecule has 1 fully saturated rings. The van der Waals surface area contributed by atoms with Crippen LogP contribution in [-0.2, 0) is 4.74 Å². The fourth-order valence-corrected chi connectivity index (χ4v) is 6.16. The number of amides is 2. The molecule has 1 aromatic carbocycles. The lowest BCUT2D eigenvalue weighted by Gasteiger charge is -2.31. The fraction of sp³-hybridized carbons (Fsp3) is 0.375. The van der Waals surface area contributed by atoms with E-state index in [4.69, 9.17) is 9.47 Å². The Morgan fingerprint density at radius 1 is 1.38 bits per heavy atom. The number of pyridine rings is 1. The number of hydrogen-bond donors (Lipinski definition) is 1. The molecule has 0 bridgehead atoms. The number of benzene rings is 1. The van der Waals surface area contributed by atoms with Crippen molar-refractivity contribution in [2.45, 2.75) is 42.3 Å². The summed E-state index contributed by atoms with van der Waals surface area (Å²) < 4.78 is 10.8. The minimum atomic E-state index is -1.30. The molecule has 1 N–H and O–H groups in total. The third kappa shape index (κ3) is 5.84. The number of ether oxygens (including phenoxy) is 2. The maximum absolute atomic E-state index is 13.3. The smallest absolute Gasteiger partial charge is 0.416 e. The van der Waals surface area contributed by atoms with Gasteiger partial charge in [-0.2, -0.15) is 0 Å². The quantitative estimate of drug-likeness (QED) is 0.221. The summed E-state index contributed by atoms with van der Waals surface area (Å²) in [5.41, 5.74) is 1.22. The minimum absolute atomic E-state index is 0.0654. The van der Waals surface area contributed by atoms with Crippen LogP contribution in [-0.4, -0.2) is 69.7 Å². The molecule has 1 saturated heterocycles. The van der Waals surface area contributed by atoms with E-state index >= 15 is 0 Å². The van der Waals surface area contributed by atoms with Crippen LogP contribution >= 0.6 is 21.6 Å². The Hall–Kier alpha value is -3.29. The molecule has 2 aromatic rings. The first-order valence-corrected chi connectivity index (χ1v) is 13.6. The fourth-order valence-electron chi connectivity index (χ4n) is 4.11. The molecule has 0 radical (unpaired) electrons. The summed E-state index contributed by atoms with van der Waals surface area (Å²) in [6.07, 6.45) is 0.0412. The first-order valence-electron chi connectivity index (χ1n) is 11.4. The summed E-state index contributed by atoms with van der Waals surface area (Å²) >= 11 is 0. The molecule has 0 spiro atoms. The topological polar surface area (TPSA) is 135 Å². The number of aliphatic hydroxyl groups excluding tert-OH is 1. The number of rotatable bonds is 8. The number of fused-ring (bicyclic) bond motifs is 2. The summed E-state index contributed by atoms with van der Waals surface area (Å²) in [5.74, 6) is 0.144. The van der Waals surface area contributed by atoms with Crippen LogP contribution in [0.25, 0.3) is 0 Å². The van der Waals surface area contributed by atoms with Crippen LogP contribution in [0.5, 0.6) is 5.75 Å². The number of carbonyl (C=O) groups excluding carboxylic acids is 2. The van der Waals surface area contributed by atoms with Crippen molar-refractivity contribution >= 4 is 45.0 Å². The van der Waals surface area contributed by atoms with E-state index in [1.807, 2.05) is 6.92 Å². The summed E-state index contributed by atoms with van der Waals surface area (Å²) in [4.78, 5) is 43.4. The van der Waals surface area contributed by atoms with E-state index in [-0.39, 0.29) is 34.7 Å². The van der Waals surface area contributed by atoms with Crippen LogP contribution in [0.2, 0.25) is 0 Å². The molecule has 3 heterocycles. The molecular weight excluding hydrogens is 520 g/mol. The van der Waals surface area contributed by atoms with Gasteiger partial charge in [0, 0.05) is 17.9 Å². The highest BCUT2D eigenvalue weighted by Gasteiger charge is 2.45. The SMILES string of the molecule is C=C1CC2C(O)N(C(=O)OCCC(C)SSc3ccc([N+](=O)[O-])cn3)c3ccc(OC)cc3C(=O)N2C1. The second kappa shape index (κ2) is 11.4. The molecule has 196 valence electrons. The third-order valence-corrected chi connectivity index (χ3v) is 8.89. The maximum Gasteiger partial charge on any atom is 0.416 e. The van der Waals surface area contributed by atoms with Crippen molar-refractivity contribution in [3.8, 4) is 5.75 Å². The van der Waals surface area contributed by atoms with Gasteiger partial charge < -0.3 is 19.5 Å². The molecule has 3 unspecified atom stereocenters. The van der Waals surface area contributed by atoms with Crippen molar-refractivity contribution in [3.05, 3.63) is 64.4 Å². The molecule has 3 atom stereocenters. The number of aliphatic hydroxyl groups is 1. The van der Waals surface area contributed by atoms with E-state index in [1.54, 1.807) is 24.3 Å². The normalized spacial score (nSPS) is 19.6. The lowest BCUT2D eigenvalue weighted by Crippen LogP contribution is -2.51. The van der Waals surface area contributed by atoms with Gasteiger partial charge in [-0.15, -0.1) is 0 Å². The van der Waals surface area contributed by atoms with Crippen LogP contribution < -0.4 is 9.64 Å². The van der Waals surface area contributed by atoms with E-state index in [0.717, 1.165) is 10.5 Å². The molecule has 13 heteroatoms. The van der Waals surface area contributed by atoms with Crippen molar-refractivity contribution in [2.75, 3.05) is 25.2 Å². The summed E-state index contributed by atoms with van der Waals surface area (Å²) in [5, 5.41) is 22.6. The van der Waals surface area contributed by atoms with Crippen molar-refractivity contribution < 1.29 is 29.1 Å². The van der Waals surface area contributed by atoms with Crippen molar-refractivity contribution in [1.82, 2.24) is 9.88 Å². The molecule has 4 rings (SSSR count). The third-order valence-electron chi connectivity index (χ3n) is 6.03. The Morgan fingerprint density at radius 3 is 2.84 bits per heavy atom. The van der Waals surface area contributed by atoms with Gasteiger partial charge in [0.2, 0.25) is 0 Å². The Bertz CT molecular complexity index is 1210. The lowest BCUT2D eigenvalue weighted by molar-refractivity contribution is -0.385. The van der Waals surface area contributed by atoms with Crippen molar-refractivity contribution in [2.24, 2.45) is 0 Å². The van der Waals surface area contributed by atoms with Gasteiger partial charge in [0.15, 0.2) is 6.23 Å². The predicted octanol–water partition coefficient (Wildman–Crippen LogP) is 4.26. The minimum Gasteiger partial charge on any atom is -0.497 e. The second-order valence-electron chi connectivity index (χ2n) is 8.63. The van der Waals surface area contributed by atoms with Gasteiger partial charge in [0.25, 0.3) is 11.6 Å². The number of hydrogen-bond acceptors (Lipinski definition) is 10. The number of aromatic nitrogens is 1. The highest BCUT2D eigenvalue weighted by Crippen LogP contribution is 2.38. The number of nitrogens with zero attached hydrogens (tertiary/aromatic N) is 4. The number of nitro groups is 1. The Morgan fingerprint density at radius 2 is 2.16 bits per heavy atom. The largest absolute Gasteiger partial charge is 0.497 e. The van der Waals surface area contributed by atoms with Gasteiger partial charge in [0.1, 0.15) is 17.0 Å². The molecule has 0 saturated carbocycles. The molecule has 1 aromatic heterocycles. The van der Waals surface area contributed by atoms with Crippen LogP contribution in [0.1, 0.15) is 30.1 Å². The van der Waals surface area contributed by atoms with Gasteiger partial charge in [-0.25, -0.2) is 14.7 Å². The zero-order valence-electron chi connectivity index (χ0n) is 20.2. The van der Waals surface area contributed by atoms with E-state index in [0.29, 0.717) is 30.2 Å². The maximum atomic E-state index is 13.3. The molecular formula is C24H26N4O7S2. The van der Waals surface area contributed by atoms with Gasteiger partial charge >= 0.3 is 6.09 Å². The Labute approximate surface area is 221 Å². The van der Waals surface area contributed by atoms with E-state index in [9.17, 15) is 24.8 Å². The summed E-state index contributed by atoms with van der Waals surface area (Å²) in [6.45, 7) is 6.30. The predicted molar refractivity (Wildman–Crippen MR) is 140 cm³/mol. The summed E-state index contributed by atoms with van der Waals surface area (Å²) in [6, 6.07) is 7.09. The molecule has 0 aliphatic carbocycles. The first-order chi connectivity index (χ1) is 17.7. The average Bonchev–Trinajstić information content (AvgIpc) is 3.26. The van der Waals surface area contributed by atoms with Crippen LogP contribution in [0.15, 0.2) is 53.7 Å². The van der Waals surface area contributed by atoms with Crippen molar-refractivity contribution in [3.63, 3.8) is 0 Å². The molecule has 2 aliphatic heterocycles. The van der Waals surface area contributed by atoms with E-state index in [2.05, 4.69) is 11.6 Å². The summed E-state index contributed by atoms with van der Waals surface area (Å²) in [7, 11) is 4.35. The van der Waals surface area contributed by atoms with E-state index in [1.165, 1.54) is 45.9 Å². The molecule has 11 nitrogen and oxygen atoms in total. The molecule has 2 aliphatic rings. The van der Waals surface area contributed by atoms with Crippen LogP contribution in [0, 0.1) is 10.1 Å². The highest BCUT2D eigenvalue weighted by atomic mass is 33.1. The molecule has 2 amide bonds. The van der Waals surface area contributed by atoms with Gasteiger partial charge in [-0.3, -0.25) is 14.9 Å². The number of anilines is 1. The number of methoxy groups -OCH3 is 1. The monoisotopic (exact) mass is 546 g/mol. The first kappa shape index (κ1) is 26.8. The van der Waals surface area contributed by atoms with Gasteiger partial charge in [0.05, 0.1) is 35.9 Å². The Balaban J connectivity index is 1.40. The van der Waals surface area contributed by atoms with Gasteiger partial charge in [-0.05, 0) is 47.9 Å². The standard InChI is InChI=1S/C24H26N4O7S2/c1-14-10-20-23(30)27(19-6-5-17(34-3)11-18(19)22(29)26(20)13-14)24(31)35-9-8-15(2)36-37-21-7-4-16(12-25-21)28(32)33/h4-7,11-12,15,20,23,30H,1,8-10,13H2,2-3H3. The van der Waals surface area contributed by atoms with Crippen LogP contribution in [0.4, 0.5) is 16.2 Å². The van der Waals surface area contributed by atoms with Crippen LogP contribution in [0.3, 0.4) is 0 Å². The second-order valence-corrected chi connectivity index (χ2v) is 11.3. The Kier molecular flexibility index (Phi) is 8.25. The molecule has 37 heavy (non-hydrogen) atoms.